The van der Waals surface area contributed by atoms with Crippen LogP contribution in [0, 0.1) is 11.6 Å². The van der Waals surface area contributed by atoms with E-state index in [0.717, 1.165) is 18.2 Å². The Bertz CT molecular complexity index is 662. The first-order valence-corrected chi connectivity index (χ1v) is 6.12. The van der Waals surface area contributed by atoms with E-state index in [1.807, 2.05) is 0 Å². The van der Waals surface area contributed by atoms with Crippen molar-refractivity contribution in [3.8, 4) is 0 Å². The average Bonchev–Trinajstić information content (AvgIpc) is 2.39. The van der Waals surface area contributed by atoms with Gasteiger partial charge in [-0.1, -0.05) is 11.6 Å². The number of nitrogen functional groups attached to an aromatic ring is 1. The zero-order valence-corrected chi connectivity index (χ0v) is 11.0. The molecule has 0 radical (unpaired) electrons. The standard InChI is InChI=1S/C14H11ClF2N2O/c15-12-6-10(18)2-3-11(12)14(20)19-7-8-5-9(16)1-4-13(8)17/h1-6H,7,18H2,(H,19,20). The Morgan fingerprint density at radius 3 is 2.65 bits per heavy atom. The van der Waals surface area contributed by atoms with Crippen LogP contribution in [-0.2, 0) is 6.54 Å². The Morgan fingerprint density at radius 2 is 1.95 bits per heavy atom. The molecule has 0 aliphatic heterocycles. The summed E-state index contributed by atoms with van der Waals surface area (Å²) in [5, 5.41) is 2.67. The van der Waals surface area contributed by atoms with Crippen molar-refractivity contribution < 1.29 is 13.6 Å². The lowest BCUT2D eigenvalue weighted by atomic mass is 10.1. The van der Waals surface area contributed by atoms with E-state index in [-0.39, 0.29) is 22.7 Å². The molecule has 2 aromatic carbocycles. The van der Waals surface area contributed by atoms with Crippen LogP contribution in [0.1, 0.15) is 15.9 Å². The van der Waals surface area contributed by atoms with Gasteiger partial charge in [0.25, 0.3) is 5.91 Å². The molecule has 2 rings (SSSR count). The van der Waals surface area contributed by atoms with E-state index in [4.69, 9.17) is 17.3 Å². The van der Waals surface area contributed by atoms with Gasteiger partial charge in [-0.2, -0.15) is 0 Å². The smallest absolute Gasteiger partial charge is 0.253 e. The van der Waals surface area contributed by atoms with Crippen LogP contribution in [0.25, 0.3) is 0 Å². The first-order chi connectivity index (χ1) is 9.47. The molecule has 104 valence electrons. The van der Waals surface area contributed by atoms with E-state index in [2.05, 4.69) is 5.32 Å². The Morgan fingerprint density at radius 1 is 1.20 bits per heavy atom. The molecule has 1 amide bonds. The van der Waals surface area contributed by atoms with Crippen molar-refractivity contribution >= 4 is 23.2 Å². The van der Waals surface area contributed by atoms with Gasteiger partial charge in [-0.25, -0.2) is 8.78 Å². The summed E-state index contributed by atoms with van der Waals surface area (Å²) in [5.74, 6) is -1.64. The van der Waals surface area contributed by atoms with Crippen LogP contribution in [0.2, 0.25) is 5.02 Å². The Kier molecular flexibility index (Phi) is 4.20. The third-order valence-corrected chi connectivity index (χ3v) is 3.00. The van der Waals surface area contributed by atoms with E-state index < -0.39 is 17.5 Å². The zero-order valence-electron chi connectivity index (χ0n) is 10.3. The summed E-state index contributed by atoms with van der Waals surface area (Å²) in [7, 11) is 0. The van der Waals surface area contributed by atoms with Crippen molar-refractivity contribution in [3.05, 3.63) is 64.2 Å². The summed E-state index contributed by atoms with van der Waals surface area (Å²) in [4.78, 5) is 11.9. The number of anilines is 1. The number of carbonyl (C=O) groups excluding carboxylic acids is 1. The molecule has 0 aliphatic rings. The third kappa shape index (κ3) is 3.24. The third-order valence-electron chi connectivity index (χ3n) is 2.68. The van der Waals surface area contributed by atoms with Crippen molar-refractivity contribution in [3.63, 3.8) is 0 Å². The van der Waals surface area contributed by atoms with Gasteiger partial charge in [0.1, 0.15) is 11.6 Å². The largest absolute Gasteiger partial charge is 0.399 e. The van der Waals surface area contributed by atoms with Crippen LogP contribution in [0.3, 0.4) is 0 Å². The van der Waals surface area contributed by atoms with Crippen LogP contribution in [0.5, 0.6) is 0 Å². The lowest BCUT2D eigenvalue weighted by molar-refractivity contribution is 0.0950. The number of hydrogen-bond donors (Lipinski definition) is 2. The highest BCUT2D eigenvalue weighted by atomic mass is 35.5. The van der Waals surface area contributed by atoms with Gasteiger partial charge < -0.3 is 11.1 Å². The van der Waals surface area contributed by atoms with Crippen LogP contribution < -0.4 is 11.1 Å². The number of hydrogen-bond acceptors (Lipinski definition) is 2. The first kappa shape index (κ1) is 14.3. The molecule has 2 aromatic rings. The van der Waals surface area contributed by atoms with Crippen LogP contribution in [0.4, 0.5) is 14.5 Å². The minimum absolute atomic E-state index is 0.0601. The van der Waals surface area contributed by atoms with Crippen molar-refractivity contribution in [2.24, 2.45) is 0 Å². The molecule has 0 aromatic heterocycles. The van der Waals surface area contributed by atoms with E-state index in [9.17, 15) is 13.6 Å². The number of nitrogens with two attached hydrogens (primary N) is 1. The zero-order chi connectivity index (χ0) is 14.7. The molecule has 0 unspecified atom stereocenters. The number of benzene rings is 2. The molecular weight excluding hydrogens is 286 g/mol. The van der Waals surface area contributed by atoms with Crippen LogP contribution in [-0.4, -0.2) is 5.91 Å². The summed E-state index contributed by atoms with van der Waals surface area (Å²) in [6.07, 6.45) is 0. The van der Waals surface area contributed by atoms with Crippen LogP contribution in [0.15, 0.2) is 36.4 Å². The van der Waals surface area contributed by atoms with Crippen molar-refractivity contribution in [2.45, 2.75) is 6.54 Å². The van der Waals surface area contributed by atoms with Crippen molar-refractivity contribution in [1.29, 1.82) is 0 Å². The summed E-state index contributed by atoms with van der Waals surface area (Å²) < 4.78 is 26.4. The molecular formula is C14H11ClF2N2O. The number of rotatable bonds is 3. The van der Waals surface area contributed by atoms with Gasteiger partial charge in [0, 0.05) is 17.8 Å². The fourth-order valence-electron chi connectivity index (χ4n) is 1.67. The van der Waals surface area contributed by atoms with Gasteiger partial charge in [0.05, 0.1) is 10.6 Å². The minimum Gasteiger partial charge on any atom is -0.399 e. The minimum atomic E-state index is -0.588. The normalized spacial score (nSPS) is 10.3. The number of nitrogens with one attached hydrogen (secondary N) is 1. The number of amides is 1. The maximum atomic E-state index is 13.4. The molecule has 0 aliphatic carbocycles. The molecule has 0 fully saturated rings. The quantitative estimate of drug-likeness (QED) is 0.855. The van der Waals surface area contributed by atoms with Crippen molar-refractivity contribution in [1.82, 2.24) is 5.32 Å². The molecule has 3 N–H and O–H groups in total. The molecule has 0 atom stereocenters. The lowest BCUT2D eigenvalue weighted by Crippen LogP contribution is -2.23. The summed E-state index contributed by atoms with van der Waals surface area (Å²) >= 11 is 5.89. The van der Waals surface area contributed by atoms with E-state index in [1.165, 1.54) is 18.2 Å². The summed E-state index contributed by atoms with van der Waals surface area (Å²) in [6, 6.07) is 7.49. The maximum absolute atomic E-state index is 13.4. The predicted octanol–water partition coefficient (Wildman–Crippen LogP) is 3.13. The molecule has 6 heteroatoms. The predicted molar refractivity (Wildman–Crippen MR) is 73.4 cm³/mol. The topological polar surface area (TPSA) is 55.1 Å². The number of carbonyl (C=O) groups is 1. The molecule has 3 nitrogen and oxygen atoms in total. The molecule has 0 spiro atoms. The highest BCUT2D eigenvalue weighted by molar-refractivity contribution is 6.34. The van der Waals surface area contributed by atoms with E-state index in [1.54, 1.807) is 0 Å². The van der Waals surface area contributed by atoms with Gasteiger partial charge in [-0.05, 0) is 36.4 Å². The van der Waals surface area contributed by atoms with E-state index >= 15 is 0 Å². The Hall–Kier alpha value is -2.14. The van der Waals surface area contributed by atoms with E-state index in [0.29, 0.717) is 5.69 Å². The average molecular weight is 297 g/mol. The van der Waals surface area contributed by atoms with Gasteiger partial charge in [0.15, 0.2) is 0 Å². The fraction of sp³-hybridized carbons (Fsp3) is 0.0714. The summed E-state index contributed by atoms with van der Waals surface area (Å²) in [6.45, 7) is -0.136. The molecule has 0 bridgehead atoms. The maximum Gasteiger partial charge on any atom is 0.253 e. The molecule has 0 saturated carbocycles. The van der Waals surface area contributed by atoms with Gasteiger partial charge >= 0.3 is 0 Å². The Balaban J connectivity index is 2.10. The van der Waals surface area contributed by atoms with Gasteiger partial charge in [0.2, 0.25) is 0 Å². The second-order valence-electron chi connectivity index (χ2n) is 4.16. The molecule has 0 saturated heterocycles. The fourth-order valence-corrected chi connectivity index (χ4v) is 1.94. The lowest BCUT2D eigenvalue weighted by Gasteiger charge is -2.08. The second-order valence-corrected chi connectivity index (χ2v) is 4.56. The van der Waals surface area contributed by atoms with Crippen LogP contribution >= 0.6 is 11.6 Å². The second kappa shape index (κ2) is 5.88. The first-order valence-electron chi connectivity index (χ1n) is 5.74. The Labute approximate surface area is 119 Å². The summed E-state index contributed by atoms with van der Waals surface area (Å²) in [5.41, 5.74) is 6.24. The number of halogens is 3. The van der Waals surface area contributed by atoms with Gasteiger partial charge in [-0.3, -0.25) is 4.79 Å². The van der Waals surface area contributed by atoms with Crippen molar-refractivity contribution in [2.75, 3.05) is 5.73 Å². The molecule has 0 heterocycles. The molecule has 20 heavy (non-hydrogen) atoms. The van der Waals surface area contributed by atoms with Gasteiger partial charge in [-0.15, -0.1) is 0 Å². The highest BCUT2D eigenvalue weighted by Crippen LogP contribution is 2.19. The monoisotopic (exact) mass is 296 g/mol. The highest BCUT2D eigenvalue weighted by Gasteiger charge is 2.11. The SMILES string of the molecule is Nc1ccc(C(=O)NCc2cc(F)ccc2F)c(Cl)c1.